The fraction of sp³-hybridized carbons (Fsp3) is 0.250. The third-order valence-corrected chi connectivity index (χ3v) is 4.32. The summed E-state index contributed by atoms with van der Waals surface area (Å²) in [5, 5.41) is 2.40. The van der Waals surface area contributed by atoms with Gasteiger partial charge in [-0.1, -0.05) is 6.07 Å². The molecule has 0 N–H and O–H groups in total. The molecule has 0 atom stereocenters. The number of ether oxygens (including phenoxy) is 2. The summed E-state index contributed by atoms with van der Waals surface area (Å²) in [4.78, 5) is 17.8. The van der Waals surface area contributed by atoms with Crippen molar-refractivity contribution < 1.29 is 13.9 Å². The molecule has 0 bridgehead atoms. The average Bonchev–Trinajstić information content (AvgIpc) is 2.90. The van der Waals surface area contributed by atoms with Crippen LogP contribution < -0.4 is 15.1 Å². The van der Waals surface area contributed by atoms with E-state index in [-0.39, 0.29) is 0 Å². The van der Waals surface area contributed by atoms with Gasteiger partial charge in [0.2, 0.25) is 5.89 Å². The normalized spacial score (nSPS) is 14.0. The zero-order valence-electron chi connectivity index (χ0n) is 11.7. The number of nitrogens with zero attached hydrogens (tertiary/aromatic N) is 1. The molecule has 3 aromatic rings. The SMILES string of the molecule is O=c1oc(Cc2cccs2)nc2cc3c(cc12)OCCCO3. The highest BCUT2D eigenvalue weighted by Gasteiger charge is 2.15. The third-order valence-electron chi connectivity index (χ3n) is 3.45. The number of benzene rings is 1. The van der Waals surface area contributed by atoms with E-state index in [0.29, 0.717) is 47.9 Å². The fourth-order valence-corrected chi connectivity index (χ4v) is 3.11. The lowest BCUT2D eigenvalue weighted by Gasteiger charge is -2.08. The number of aromatic nitrogens is 1. The fourth-order valence-electron chi connectivity index (χ4n) is 2.41. The molecule has 1 aliphatic rings. The van der Waals surface area contributed by atoms with Crippen molar-refractivity contribution in [2.45, 2.75) is 12.8 Å². The van der Waals surface area contributed by atoms with Gasteiger partial charge in [-0.3, -0.25) is 0 Å². The van der Waals surface area contributed by atoms with E-state index < -0.39 is 5.63 Å². The predicted octanol–water partition coefficient (Wildman–Crippen LogP) is 3.00. The molecule has 0 amide bonds. The van der Waals surface area contributed by atoms with Gasteiger partial charge in [0.15, 0.2) is 11.5 Å². The van der Waals surface area contributed by atoms with E-state index in [1.807, 2.05) is 17.5 Å². The lowest BCUT2D eigenvalue weighted by atomic mass is 10.2. The zero-order valence-corrected chi connectivity index (χ0v) is 12.5. The minimum absolute atomic E-state index is 0.396. The maximum absolute atomic E-state index is 12.2. The highest BCUT2D eigenvalue weighted by atomic mass is 32.1. The Hall–Kier alpha value is -2.34. The number of thiophene rings is 1. The molecule has 5 nitrogen and oxygen atoms in total. The summed E-state index contributed by atoms with van der Waals surface area (Å²) >= 11 is 1.61. The van der Waals surface area contributed by atoms with Crippen LogP contribution in [0.1, 0.15) is 17.2 Å². The first-order valence-corrected chi connectivity index (χ1v) is 7.93. The van der Waals surface area contributed by atoms with Crippen LogP contribution in [0.3, 0.4) is 0 Å². The number of hydrogen-bond donors (Lipinski definition) is 0. The van der Waals surface area contributed by atoms with Gasteiger partial charge in [-0.05, 0) is 11.4 Å². The van der Waals surface area contributed by atoms with E-state index in [0.717, 1.165) is 11.3 Å². The summed E-state index contributed by atoms with van der Waals surface area (Å²) in [7, 11) is 0. The van der Waals surface area contributed by atoms with Crippen LogP contribution in [0.25, 0.3) is 10.9 Å². The van der Waals surface area contributed by atoms with Gasteiger partial charge in [0, 0.05) is 23.4 Å². The minimum atomic E-state index is -0.396. The Bertz CT molecular complexity index is 870. The highest BCUT2D eigenvalue weighted by Crippen LogP contribution is 2.32. The molecule has 0 saturated carbocycles. The molecule has 112 valence electrons. The smallest absolute Gasteiger partial charge is 0.346 e. The van der Waals surface area contributed by atoms with Crippen molar-refractivity contribution in [1.82, 2.24) is 4.98 Å². The van der Waals surface area contributed by atoms with Crippen LogP contribution >= 0.6 is 11.3 Å². The molecule has 1 aromatic carbocycles. The Morgan fingerprint density at radius 3 is 2.77 bits per heavy atom. The maximum Gasteiger partial charge on any atom is 0.346 e. The van der Waals surface area contributed by atoms with Crippen molar-refractivity contribution in [2.24, 2.45) is 0 Å². The van der Waals surface area contributed by atoms with E-state index in [2.05, 4.69) is 4.98 Å². The summed E-state index contributed by atoms with van der Waals surface area (Å²) in [6.45, 7) is 1.18. The van der Waals surface area contributed by atoms with Crippen molar-refractivity contribution in [3.8, 4) is 11.5 Å². The Balaban J connectivity index is 1.81. The van der Waals surface area contributed by atoms with Gasteiger partial charge in [-0.25, -0.2) is 9.78 Å². The zero-order chi connectivity index (χ0) is 14.9. The van der Waals surface area contributed by atoms with Crippen molar-refractivity contribution in [2.75, 3.05) is 13.2 Å². The standard InChI is InChI=1S/C16H13NO4S/c18-16-11-8-13-14(20-5-2-4-19-13)9-12(11)17-15(21-16)7-10-3-1-6-22-10/h1,3,6,8-9H,2,4-5,7H2. The molecule has 2 aromatic heterocycles. The van der Waals surface area contributed by atoms with Gasteiger partial charge < -0.3 is 13.9 Å². The molecule has 0 radical (unpaired) electrons. The molecular formula is C16H13NO4S. The van der Waals surface area contributed by atoms with Crippen molar-refractivity contribution in [3.05, 3.63) is 50.8 Å². The summed E-state index contributed by atoms with van der Waals surface area (Å²) in [5.74, 6) is 1.62. The quantitative estimate of drug-likeness (QED) is 0.727. The Labute approximate surface area is 130 Å². The Kier molecular flexibility index (Phi) is 3.31. The van der Waals surface area contributed by atoms with Gasteiger partial charge in [0.25, 0.3) is 0 Å². The molecule has 0 unspecified atom stereocenters. The second kappa shape index (κ2) is 5.46. The summed E-state index contributed by atoms with van der Waals surface area (Å²) < 4.78 is 16.6. The van der Waals surface area contributed by atoms with E-state index in [1.54, 1.807) is 23.5 Å². The first-order chi connectivity index (χ1) is 10.8. The topological polar surface area (TPSA) is 61.6 Å². The van der Waals surface area contributed by atoms with Gasteiger partial charge in [-0.2, -0.15) is 0 Å². The molecule has 6 heteroatoms. The van der Waals surface area contributed by atoms with Crippen molar-refractivity contribution in [1.29, 1.82) is 0 Å². The molecule has 0 spiro atoms. The van der Waals surface area contributed by atoms with E-state index in [9.17, 15) is 4.79 Å². The van der Waals surface area contributed by atoms with Gasteiger partial charge in [0.05, 0.1) is 30.5 Å². The summed E-state index contributed by atoms with van der Waals surface area (Å²) in [6.07, 6.45) is 1.33. The van der Waals surface area contributed by atoms with Crippen LogP contribution in [0, 0.1) is 0 Å². The first kappa shape index (κ1) is 13.3. The lowest BCUT2D eigenvalue weighted by molar-refractivity contribution is 0.297. The van der Waals surface area contributed by atoms with Crippen LogP contribution in [0.15, 0.2) is 38.9 Å². The molecule has 0 aliphatic carbocycles. The largest absolute Gasteiger partial charge is 0.490 e. The van der Waals surface area contributed by atoms with Gasteiger partial charge >= 0.3 is 5.63 Å². The van der Waals surface area contributed by atoms with Gasteiger partial charge in [0.1, 0.15) is 0 Å². The molecule has 1 aliphatic heterocycles. The minimum Gasteiger partial charge on any atom is -0.490 e. The molecule has 4 rings (SSSR count). The van der Waals surface area contributed by atoms with Crippen LogP contribution in [0.5, 0.6) is 11.5 Å². The average molecular weight is 315 g/mol. The monoisotopic (exact) mass is 315 g/mol. The molecule has 0 fully saturated rings. The van der Waals surface area contributed by atoms with E-state index in [1.165, 1.54) is 0 Å². The third kappa shape index (κ3) is 2.46. The van der Waals surface area contributed by atoms with E-state index in [4.69, 9.17) is 13.9 Å². The van der Waals surface area contributed by atoms with Crippen molar-refractivity contribution in [3.63, 3.8) is 0 Å². The number of fused-ring (bicyclic) bond motifs is 2. The lowest BCUT2D eigenvalue weighted by Crippen LogP contribution is -2.06. The Morgan fingerprint density at radius 1 is 1.18 bits per heavy atom. The van der Waals surface area contributed by atoms with E-state index >= 15 is 0 Å². The summed E-state index contributed by atoms with van der Waals surface area (Å²) in [6, 6.07) is 7.36. The van der Waals surface area contributed by atoms with Crippen LogP contribution in [0.4, 0.5) is 0 Å². The summed E-state index contributed by atoms with van der Waals surface area (Å²) in [5.41, 5.74) is 0.180. The van der Waals surface area contributed by atoms with Crippen LogP contribution in [-0.4, -0.2) is 18.2 Å². The predicted molar refractivity (Wildman–Crippen MR) is 83.0 cm³/mol. The Morgan fingerprint density at radius 2 is 2.00 bits per heavy atom. The van der Waals surface area contributed by atoms with Gasteiger partial charge in [-0.15, -0.1) is 11.3 Å². The van der Waals surface area contributed by atoms with Crippen LogP contribution in [0.2, 0.25) is 0 Å². The maximum atomic E-state index is 12.2. The second-order valence-electron chi connectivity index (χ2n) is 5.02. The van der Waals surface area contributed by atoms with Crippen LogP contribution in [-0.2, 0) is 6.42 Å². The molecule has 22 heavy (non-hydrogen) atoms. The first-order valence-electron chi connectivity index (χ1n) is 7.05. The van der Waals surface area contributed by atoms with Crippen molar-refractivity contribution >= 4 is 22.2 Å². The molecular weight excluding hydrogens is 302 g/mol. The number of rotatable bonds is 2. The second-order valence-corrected chi connectivity index (χ2v) is 6.05. The number of hydrogen-bond acceptors (Lipinski definition) is 6. The molecule has 0 saturated heterocycles. The highest BCUT2D eigenvalue weighted by molar-refractivity contribution is 7.09. The molecule has 3 heterocycles.